The van der Waals surface area contributed by atoms with Crippen molar-refractivity contribution in [3.05, 3.63) is 99.5 Å². The molecule has 35 heavy (non-hydrogen) atoms. The zero-order valence-corrected chi connectivity index (χ0v) is 21.6. The van der Waals surface area contributed by atoms with Crippen LogP contribution >= 0.6 is 23.2 Å². The zero-order chi connectivity index (χ0) is 25.4. The molecule has 0 aliphatic rings. The van der Waals surface area contributed by atoms with Gasteiger partial charge in [0.15, 0.2) is 6.61 Å². The lowest BCUT2D eigenvalue weighted by molar-refractivity contribution is -0.142. The highest BCUT2D eigenvalue weighted by Gasteiger charge is 2.31. The third-order valence-electron chi connectivity index (χ3n) is 5.80. The molecule has 1 atom stereocenters. The van der Waals surface area contributed by atoms with Gasteiger partial charge in [-0.1, -0.05) is 91.6 Å². The number of hydrogen-bond acceptors (Lipinski definition) is 3. The molecule has 0 saturated heterocycles. The molecule has 0 aliphatic heterocycles. The van der Waals surface area contributed by atoms with Gasteiger partial charge < -0.3 is 15.0 Å². The van der Waals surface area contributed by atoms with Gasteiger partial charge in [-0.15, -0.1) is 0 Å². The Balaban J connectivity index is 1.94. The summed E-state index contributed by atoms with van der Waals surface area (Å²) in [6.07, 6.45) is 0.330. The van der Waals surface area contributed by atoms with Crippen molar-refractivity contribution in [1.82, 2.24) is 10.2 Å². The normalized spacial score (nSPS) is 11.7. The molecule has 0 aliphatic carbocycles. The first-order valence-corrected chi connectivity index (χ1v) is 12.3. The number of halogens is 2. The van der Waals surface area contributed by atoms with Gasteiger partial charge >= 0.3 is 0 Å². The van der Waals surface area contributed by atoms with Crippen LogP contribution in [0.3, 0.4) is 0 Å². The van der Waals surface area contributed by atoms with Crippen molar-refractivity contribution in [2.45, 2.75) is 38.8 Å². The highest BCUT2D eigenvalue weighted by atomic mass is 35.5. The maximum absolute atomic E-state index is 13.6. The number of nitrogens with zero attached hydrogens (tertiary/aromatic N) is 1. The fourth-order valence-electron chi connectivity index (χ4n) is 3.89. The van der Waals surface area contributed by atoms with Gasteiger partial charge in [0.25, 0.3) is 5.91 Å². The molecular formula is C28H30Cl2N2O3. The number of carbonyl (C=O) groups excluding carboxylic acids is 2. The van der Waals surface area contributed by atoms with Crippen molar-refractivity contribution in [2.75, 3.05) is 13.7 Å². The van der Waals surface area contributed by atoms with Crippen LogP contribution in [0.1, 0.15) is 36.5 Å². The average Bonchev–Trinajstić information content (AvgIpc) is 2.86. The second-order valence-corrected chi connectivity index (χ2v) is 9.34. The van der Waals surface area contributed by atoms with Crippen LogP contribution in [0.25, 0.3) is 0 Å². The van der Waals surface area contributed by atoms with E-state index in [0.717, 1.165) is 11.1 Å². The van der Waals surface area contributed by atoms with E-state index in [1.807, 2.05) is 54.6 Å². The summed E-state index contributed by atoms with van der Waals surface area (Å²) in [5, 5.41) is 3.55. The first-order chi connectivity index (χ1) is 16.8. The molecule has 2 amide bonds. The topological polar surface area (TPSA) is 58.6 Å². The minimum Gasteiger partial charge on any atom is -0.483 e. The van der Waals surface area contributed by atoms with Crippen molar-refractivity contribution < 1.29 is 14.3 Å². The number of likely N-dealkylation sites (N-methyl/N-ethyl adjacent to an activating group) is 1. The summed E-state index contributed by atoms with van der Waals surface area (Å²) in [4.78, 5) is 28.1. The van der Waals surface area contributed by atoms with Crippen LogP contribution in [0.4, 0.5) is 0 Å². The Kier molecular flexibility index (Phi) is 9.58. The van der Waals surface area contributed by atoms with E-state index in [1.165, 1.54) is 4.90 Å². The number of ether oxygens (including phenoxy) is 1. The highest BCUT2D eigenvalue weighted by Crippen LogP contribution is 2.28. The molecule has 0 spiro atoms. The quantitative estimate of drug-likeness (QED) is 0.368. The maximum atomic E-state index is 13.6. The number of hydrogen-bond donors (Lipinski definition) is 1. The minimum atomic E-state index is -0.786. The van der Waals surface area contributed by atoms with Crippen molar-refractivity contribution >= 4 is 35.0 Å². The summed E-state index contributed by atoms with van der Waals surface area (Å²) in [6, 6.07) is 21.6. The fraction of sp³-hybridized carbons (Fsp3) is 0.286. The SMILES string of the molecule is CNC(=O)C(Cc1ccccc1)N(Cc1c(Cl)cccc1Cl)C(=O)COc1ccccc1C(C)C. The van der Waals surface area contributed by atoms with Crippen LogP contribution in [0.5, 0.6) is 5.75 Å². The second-order valence-electron chi connectivity index (χ2n) is 8.52. The molecule has 1 N–H and O–H groups in total. The van der Waals surface area contributed by atoms with Gasteiger partial charge in [-0.25, -0.2) is 0 Å². The summed E-state index contributed by atoms with van der Waals surface area (Å²) in [5.41, 5.74) is 2.51. The lowest BCUT2D eigenvalue weighted by Gasteiger charge is -2.31. The summed E-state index contributed by atoms with van der Waals surface area (Å²) < 4.78 is 5.96. The van der Waals surface area contributed by atoms with E-state index in [4.69, 9.17) is 27.9 Å². The summed E-state index contributed by atoms with van der Waals surface area (Å²) in [5.74, 6) is 0.249. The third kappa shape index (κ3) is 7.00. The molecule has 3 rings (SSSR count). The van der Waals surface area contributed by atoms with Crippen molar-refractivity contribution in [3.63, 3.8) is 0 Å². The van der Waals surface area contributed by atoms with E-state index >= 15 is 0 Å². The molecule has 0 bridgehead atoms. The van der Waals surface area contributed by atoms with E-state index in [2.05, 4.69) is 19.2 Å². The number of benzene rings is 3. The molecule has 0 saturated carbocycles. The summed E-state index contributed by atoms with van der Waals surface area (Å²) in [7, 11) is 1.56. The zero-order valence-electron chi connectivity index (χ0n) is 20.1. The van der Waals surface area contributed by atoms with Crippen LogP contribution in [-0.4, -0.2) is 36.4 Å². The average molecular weight is 513 g/mol. The third-order valence-corrected chi connectivity index (χ3v) is 6.51. The molecule has 0 fully saturated rings. The Bertz CT molecular complexity index is 1130. The molecule has 0 radical (unpaired) electrons. The lowest BCUT2D eigenvalue weighted by Crippen LogP contribution is -2.51. The molecule has 184 valence electrons. The van der Waals surface area contributed by atoms with Gasteiger partial charge in [0.05, 0.1) is 0 Å². The van der Waals surface area contributed by atoms with E-state index in [0.29, 0.717) is 27.8 Å². The Hall–Kier alpha value is -3.02. The molecule has 7 heteroatoms. The Labute approximate surface area is 217 Å². The predicted molar refractivity (Wildman–Crippen MR) is 141 cm³/mol. The maximum Gasteiger partial charge on any atom is 0.261 e. The first-order valence-electron chi connectivity index (χ1n) is 11.5. The monoisotopic (exact) mass is 512 g/mol. The van der Waals surface area contributed by atoms with Crippen LogP contribution in [-0.2, 0) is 22.6 Å². The van der Waals surface area contributed by atoms with E-state index in [9.17, 15) is 9.59 Å². The van der Waals surface area contributed by atoms with Crippen LogP contribution < -0.4 is 10.1 Å². The van der Waals surface area contributed by atoms with Crippen molar-refractivity contribution in [3.8, 4) is 5.75 Å². The Morgan fingerprint density at radius 3 is 2.17 bits per heavy atom. The lowest BCUT2D eigenvalue weighted by atomic mass is 10.0. The Morgan fingerprint density at radius 1 is 0.914 bits per heavy atom. The van der Waals surface area contributed by atoms with Crippen LogP contribution in [0.2, 0.25) is 10.0 Å². The van der Waals surface area contributed by atoms with Crippen LogP contribution in [0.15, 0.2) is 72.8 Å². The smallest absolute Gasteiger partial charge is 0.261 e. The molecule has 0 aromatic heterocycles. The molecule has 1 unspecified atom stereocenters. The number of para-hydroxylation sites is 1. The standard InChI is InChI=1S/C28H30Cl2N2O3/c1-19(2)21-12-7-8-15-26(21)35-18-27(33)32(17-22-23(29)13-9-14-24(22)30)25(28(34)31-3)16-20-10-5-4-6-11-20/h4-15,19,25H,16-18H2,1-3H3,(H,31,34). The molecule has 3 aromatic carbocycles. The van der Waals surface area contributed by atoms with Crippen molar-refractivity contribution in [2.24, 2.45) is 0 Å². The van der Waals surface area contributed by atoms with Gasteiger partial charge in [0, 0.05) is 35.6 Å². The number of rotatable bonds is 10. The highest BCUT2D eigenvalue weighted by molar-refractivity contribution is 6.36. The van der Waals surface area contributed by atoms with Crippen LogP contribution in [0, 0.1) is 0 Å². The molecule has 5 nitrogen and oxygen atoms in total. The summed E-state index contributed by atoms with van der Waals surface area (Å²) in [6.45, 7) is 3.97. The number of nitrogens with one attached hydrogen (secondary N) is 1. The molecule has 3 aromatic rings. The number of amides is 2. The Morgan fingerprint density at radius 2 is 1.54 bits per heavy atom. The van der Waals surface area contributed by atoms with E-state index < -0.39 is 6.04 Å². The summed E-state index contributed by atoms with van der Waals surface area (Å²) >= 11 is 12.9. The largest absolute Gasteiger partial charge is 0.483 e. The van der Waals surface area contributed by atoms with Gasteiger partial charge in [0.2, 0.25) is 5.91 Å². The van der Waals surface area contributed by atoms with Crippen molar-refractivity contribution in [1.29, 1.82) is 0 Å². The minimum absolute atomic E-state index is 0.0669. The van der Waals surface area contributed by atoms with E-state index in [-0.39, 0.29) is 30.9 Å². The van der Waals surface area contributed by atoms with Gasteiger partial charge in [-0.05, 0) is 35.2 Å². The van der Waals surface area contributed by atoms with Gasteiger partial charge in [-0.3, -0.25) is 9.59 Å². The van der Waals surface area contributed by atoms with E-state index in [1.54, 1.807) is 25.2 Å². The molecular weight excluding hydrogens is 483 g/mol. The molecule has 0 heterocycles. The predicted octanol–water partition coefficient (Wildman–Crippen LogP) is 5.88. The fourth-order valence-corrected chi connectivity index (χ4v) is 4.40. The first kappa shape index (κ1) is 26.6. The second kappa shape index (κ2) is 12.6. The number of carbonyl (C=O) groups is 2. The van der Waals surface area contributed by atoms with Gasteiger partial charge in [-0.2, -0.15) is 0 Å². The van der Waals surface area contributed by atoms with Gasteiger partial charge in [0.1, 0.15) is 11.8 Å².